The summed E-state index contributed by atoms with van der Waals surface area (Å²) in [5.41, 5.74) is 0. The summed E-state index contributed by atoms with van der Waals surface area (Å²) in [6, 6.07) is 0. The highest BCUT2D eigenvalue weighted by molar-refractivity contribution is 5.71. The van der Waals surface area contributed by atoms with E-state index in [1.54, 1.807) is 0 Å². The van der Waals surface area contributed by atoms with E-state index in [4.69, 9.17) is 14.2 Å². The summed E-state index contributed by atoms with van der Waals surface area (Å²) in [5.74, 6) is -0.915. The number of rotatable bonds is 43. The maximum Gasteiger partial charge on any atom is 0.306 e. The third-order valence-electron chi connectivity index (χ3n) is 10.3. The molecule has 0 aliphatic carbocycles. The first kappa shape index (κ1) is 55.1. The summed E-state index contributed by atoms with van der Waals surface area (Å²) in [7, 11) is 0. The molecule has 334 valence electrons. The normalized spacial score (nSPS) is 12.5. The van der Waals surface area contributed by atoms with Gasteiger partial charge in [0, 0.05) is 19.3 Å². The Bertz CT molecular complexity index is 1070. The van der Waals surface area contributed by atoms with E-state index in [9.17, 15) is 14.4 Å². The zero-order valence-electron chi connectivity index (χ0n) is 38.0. The molecule has 0 aliphatic rings. The molecular weight excluding hydrogens is 721 g/mol. The van der Waals surface area contributed by atoms with Gasteiger partial charge in [-0.1, -0.05) is 191 Å². The van der Waals surface area contributed by atoms with Crippen molar-refractivity contribution in [3.05, 3.63) is 60.8 Å². The monoisotopic (exact) mass is 811 g/mol. The first-order valence-electron chi connectivity index (χ1n) is 24.3. The lowest BCUT2D eigenvalue weighted by Gasteiger charge is -2.18. The fourth-order valence-corrected chi connectivity index (χ4v) is 6.60. The lowest BCUT2D eigenvalue weighted by atomic mass is 10.1. The number of carbonyl (C=O) groups is 3. The van der Waals surface area contributed by atoms with Crippen molar-refractivity contribution in [3.8, 4) is 0 Å². The number of unbranched alkanes of at least 4 members (excludes halogenated alkanes) is 22. The summed E-state index contributed by atoms with van der Waals surface area (Å²) >= 11 is 0. The largest absolute Gasteiger partial charge is 0.462 e. The molecule has 1 atom stereocenters. The maximum absolute atomic E-state index is 12.7. The van der Waals surface area contributed by atoms with Gasteiger partial charge >= 0.3 is 17.9 Å². The van der Waals surface area contributed by atoms with Gasteiger partial charge in [0.2, 0.25) is 0 Å². The zero-order chi connectivity index (χ0) is 42.3. The van der Waals surface area contributed by atoms with Crippen molar-refractivity contribution in [3.63, 3.8) is 0 Å². The Morgan fingerprint density at radius 2 is 0.672 bits per heavy atom. The second-order valence-electron chi connectivity index (χ2n) is 16.0. The Balaban J connectivity index is 4.31. The van der Waals surface area contributed by atoms with Crippen LogP contribution in [0, 0.1) is 0 Å². The van der Waals surface area contributed by atoms with Crippen molar-refractivity contribution >= 4 is 17.9 Å². The molecule has 0 aromatic rings. The molecule has 0 aromatic carbocycles. The molecule has 0 amide bonds. The van der Waals surface area contributed by atoms with E-state index in [2.05, 4.69) is 81.5 Å². The van der Waals surface area contributed by atoms with Crippen LogP contribution in [0.3, 0.4) is 0 Å². The van der Waals surface area contributed by atoms with Crippen molar-refractivity contribution in [2.75, 3.05) is 13.2 Å². The summed E-state index contributed by atoms with van der Waals surface area (Å²) in [4.78, 5) is 37.7. The van der Waals surface area contributed by atoms with Crippen molar-refractivity contribution in [2.24, 2.45) is 0 Å². The van der Waals surface area contributed by atoms with Crippen LogP contribution in [0.1, 0.15) is 233 Å². The molecule has 0 fully saturated rings. The predicted octanol–water partition coefficient (Wildman–Crippen LogP) is 15.7. The first-order valence-corrected chi connectivity index (χ1v) is 24.3. The average Bonchev–Trinajstić information content (AvgIpc) is 3.22. The van der Waals surface area contributed by atoms with Gasteiger partial charge in [-0.2, -0.15) is 0 Å². The summed E-state index contributed by atoms with van der Waals surface area (Å²) < 4.78 is 16.7. The Hall–Kier alpha value is -2.89. The minimum Gasteiger partial charge on any atom is -0.462 e. The molecule has 0 N–H and O–H groups in total. The third-order valence-corrected chi connectivity index (χ3v) is 10.3. The predicted molar refractivity (Wildman–Crippen MR) is 247 cm³/mol. The van der Waals surface area contributed by atoms with Gasteiger partial charge in [0.1, 0.15) is 13.2 Å². The number of esters is 3. The lowest BCUT2D eigenvalue weighted by molar-refractivity contribution is -0.167. The molecule has 0 spiro atoms. The maximum atomic E-state index is 12.7. The van der Waals surface area contributed by atoms with Gasteiger partial charge in [0.25, 0.3) is 0 Å². The fraction of sp³-hybridized carbons (Fsp3) is 0.750. The molecule has 0 heterocycles. The molecule has 0 aromatic heterocycles. The van der Waals surface area contributed by atoms with Crippen LogP contribution in [0.2, 0.25) is 0 Å². The van der Waals surface area contributed by atoms with E-state index in [1.807, 2.05) is 0 Å². The van der Waals surface area contributed by atoms with E-state index in [1.165, 1.54) is 83.5 Å². The van der Waals surface area contributed by atoms with E-state index in [-0.39, 0.29) is 31.1 Å². The molecule has 58 heavy (non-hydrogen) atoms. The topological polar surface area (TPSA) is 78.9 Å². The average molecular weight is 811 g/mol. The lowest BCUT2D eigenvalue weighted by Crippen LogP contribution is -2.30. The van der Waals surface area contributed by atoms with Crippen LogP contribution in [0.25, 0.3) is 0 Å². The summed E-state index contributed by atoms with van der Waals surface area (Å²) in [6.45, 7) is 6.44. The van der Waals surface area contributed by atoms with Crippen LogP contribution >= 0.6 is 0 Å². The smallest absolute Gasteiger partial charge is 0.306 e. The van der Waals surface area contributed by atoms with Crippen molar-refractivity contribution in [1.29, 1.82) is 0 Å². The molecule has 0 radical (unpaired) electrons. The number of hydrogen-bond donors (Lipinski definition) is 0. The van der Waals surface area contributed by atoms with Gasteiger partial charge in [-0.25, -0.2) is 0 Å². The molecule has 0 saturated carbocycles. The standard InChI is InChI=1S/C52H90O6/c1-4-7-10-13-16-18-20-22-24-25-26-28-29-31-33-36-39-42-45-51(54)57-48-49(47-56-50(53)44-41-38-35-15-12-9-6-3)58-52(55)46-43-40-37-34-32-30-27-23-21-19-17-14-11-8-5-2/h8,11,17-20,23-25,27,49H,4-7,9-10,12-16,21-22,26,28-48H2,1-3H3/b11-8-,19-17-,20-18-,25-24-,27-23-. The van der Waals surface area contributed by atoms with Gasteiger partial charge in [-0.3, -0.25) is 14.4 Å². The van der Waals surface area contributed by atoms with Gasteiger partial charge < -0.3 is 14.2 Å². The van der Waals surface area contributed by atoms with Crippen LogP contribution in [0.15, 0.2) is 60.8 Å². The molecule has 1 unspecified atom stereocenters. The minimum atomic E-state index is -0.782. The Kier molecular flexibility index (Phi) is 44.5. The molecule has 0 rings (SSSR count). The number of carbonyl (C=O) groups excluding carboxylic acids is 3. The van der Waals surface area contributed by atoms with Gasteiger partial charge in [-0.15, -0.1) is 0 Å². The molecular formula is C52H90O6. The zero-order valence-corrected chi connectivity index (χ0v) is 38.0. The van der Waals surface area contributed by atoms with Crippen molar-refractivity contribution in [1.82, 2.24) is 0 Å². The Morgan fingerprint density at radius 3 is 1.07 bits per heavy atom. The van der Waals surface area contributed by atoms with Crippen molar-refractivity contribution < 1.29 is 28.6 Å². The van der Waals surface area contributed by atoms with Crippen molar-refractivity contribution in [2.45, 2.75) is 239 Å². The van der Waals surface area contributed by atoms with E-state index in [0.29, 0.717) is 19.3 Å². The fourth-order valence-electron chi connectivity index (χ4n) is 6.60. The number of hydrogen-bond acceptors (Lipinski definition) is 6. The highest BCUT2D eigenvalue weighted by Crippen LogP contribution is 2.14. The van der Waals surface area contributed by atoms with Gasteiger partial charge in [0.05, 0.1) is 0 Å². The van der Waals surface area contributed by atoms with Crippen LogP contribution in [-0.4, -0.2) is 37.2 Å². The van der Waals surface area contributed by atoms with Gasteiger partial charge in [0.15, 0.2) is 6.10 Å². The molecule has 6 heteroatoms. The second-order valence-corrected chi connectivity index (χ2v) is 16.0. The van der Waals surface area contributed by atoms with E-state index < -0.39 is 6.10 Å². The van der Waals surface area contributed by atoms with Gasteiger partial charge in [-0.05, 0) is 83.5 Å². The first-order chi connectivity index (χ1) is 28.5. The van der Waals surface area contributed by atoms with Crippen LogP contribution < -0.4 is 0 Å². The highest BCUT2D eigenvalue weighted by Gasteiger charge is 2.19. The Morgan fingerprint density at radius 1 is 0.362 bits per heavy atom. The van der Waals surface area contributed by atoms with E-state index >= 15 is 0 Å². The molecule has 6 nitrogen and oxygen atoms in total. The number of ether oxygens (including phenoxy) is 3. The second kappa shape index (κ2) is 46.8. The van der Waals surface area contributed by atoms with E-state index in [0.717, 1.165) is 109 Å². The summed E-state index contributed by atoms with van der Waals surface area (Å²) in [6.07, 6.45) is 56.4. The molecule has 0 aliphatic heterocycles. The number of allylic oxidation sites excluding steroid dienone is 10. The highest BCUT2D eigenvalue weighted by atomic mass is 16.6. The molecule has 0 bridgehead atoms. The Labute approximate surface area is 358 Å². The third kappa shape index (κ3) is 44.2. The summed E-state index contributed by atoms with van der Waals surface area (Å²) in [5, 5.41) is 0. The quantitative estimate of drug-likeness (QED) is 0.0264. The molecule has 0 saturated heterocycles. The minimum absolute atomic E-state index is 0.0837. The van der Waals surface area contributed by atoms with Crippen LogP contribution in [-0.2, 0) is 28.6 Å². The van der Waals surface area contributed by atoms with Crippen LogP contribution in [0.5, 0.6) is 0 Å². The SMILES string of the molecule is CC/C=C\C/C=C\C/C=C\CCCCCCCC(=O)OC(COC(=O)CCCCCCCCC)COC(=O)CCCCCCCCC/C=C\C/C=C\CCCCCC. The van der Waals surface area contributed by atoms with Crippen LogP contribution in [0.4, 0.5) is 0 Å².